The largest absolute Gasteiger partial charge is 0.489 e. The van der Waals surface area contributed by atoms with Crippen molar-refractivity contribution in [1.29, 1.82) is 0 Å². The number of rotatable bonds is 4. The van der Waals surface area contributed by atoms with Crippen LogP contribution in [-0.2, 0) is 6.54 Å². The van der Waals surface area contributed by atoms with Gasteiger partial charge in [0.25, 0.3) is 0 Å². The first-order valence-electron chi connectivity index (χ1n) is 6.51. The van der Waals surface area contributed by atoms with Crippen molar-refractivity contribution in [3.63, 3.8) is 0 Å². The normalized spacial score (nSPS) is 19.7. The zero-order chi connectivity index (χ0) is 13.1. The number of aromatic nitrogens is 2. The third kappa shape index (κ3) is 3.12. The fourth-order valence-electron chi connectivity index (χ4n) is 2.37. The molecular formula is C14H17N3O2. The molecule has 3 rings (SSSR count). The highest BCUT2D eigenvalue weighted by Crippen LogP contribution is 2.19. The van der Waals surface area contributed by atoms with Gasteiger partial charge in [-0.15, -0.1) is 0 Å². The Bertz CT molecular complexity index is 526. The molecule has 0 amide bonds. The van der Waals surface area contributed by atoms with Gasteiger partial charge in [-0.05, 0) is 25.5 Å². The van der Waals surface area contributed by atoms with E-state index in [9.17, 15) is 0 Å². The van der Waals surface area contributed by atoms with Crippen LogP contribution in [-0.4, -0.2) is 34.2 Å². The molecule has 0 aliphatic carbocycles. The average Bonchev–Trinajstić information content (AvgIpc) is 3.01. The van der Waals surface area contributed by atoms with Gasteiger partial charge in [0, 0.05) is 38.1 Å². The van der Waals surface area contributed by atoms with Gasteiger partial charge >= 0.3 is 0 Å². The van der Waals surface area contributed by atoms with E-state index < -0.39 is 0 Å². The highest BCUT2D eigenvalue weighted by molar-refractivity contribution is 5.17. The number of pyridine rings is 1. The van der Waals surface area contributed by atoms with Gasteiger partial charge in [0.05, 0.1) is 5.69 Å². The number of nitrogens with zero attached hydrogens (tertiary/aromatic N) is 3. The first-order chi connectivity index (χ1) is 9.29. The Labute approximate surface area is 112 Å². The topological polar surface area (TPSA) is 51.4 Å². The predicted molar refractivity (Wildman–Crippen MR) is 69.8 cm³/mol. The maximum atomic E-state index is 5.92. The van der Waals surface area contributed by atoms with E-state index in [0.717, 1.165) is 43.3 Å². The van der Waals surface area contributed by atoms with Crippen LogP contribution in [0.1, 0.15) is 17.9 Å². The SMILES string of the molecule is Cc1cc(CN2CCC(Oc3ccncc3)C2)no1. The minimum atomic E-state index is 0.246. The smallest absolute Gasteiger partial charge is 0.133 e. The summed E-state index contributed by atoms with van der Waals surface area (Å²) in [7, 11) is 0. The highest BCUT2D eigenvalue weighted by Gasteiger charge is 2.24. The van der Waals surface area contributed by atoms with Crippen LogP contribution in [0.25, 0.3) is 0 Å². The van der Waals surface area contributed by atoms with Gasteiger partial charge in [-0.3, -0.25) is 9.88 Å². The first kappa shape index (κ1) is 12.2. The molecule has 1 fully saturated rings. The van der Waals surface area contributed by atoms with E-state index in [-0.39, 0.29) is 6.10 Å². The Morgan fingerprint density at radius 3 is 3.00 bits per heavy atom. The van der Waals surface area contributed by atoms with Crippen LogP contribution in [0.5, 0.6) is 5.75 Å². The van der Waals surface area contributed by atoms with E-state index in [1.807, 2.05) is 25.1 Å². The van der Waals surface area contributed by atoms with Crippen LogP contribution >= 0.6 is 0 Å². The first-order valence-corrected chi connectivity index (χ1v) is 6.51. The quantitative estimate of drug-likeness (QED) is 0.841. The summed E-state index contributed by atoms with van der Waals surface area (Å²) < 4.78 is 11.0. The second-order valence-corrected chi connectivity index (χ2v) is 4.88. The van der Waals surface area contributed by atoms with Crippen molar-refractivity contribution >= 4 is 0 Å². The van der Waals surface area contributed by atoms with Gasteiger partial charge in [0.2, 0.25) is 0 Å². The van der Waals surface area contributed by atoms with Crippen molar-refractivity contribution in [1.82, 2.24) is 15.0 Å². The molecule has 19 heavy (non-hydrogen) atoms. The van der Waals surface area contributed by atoms with Gasteiger partial charge in [-0.2, -0.15) is 0 Å². The molecule has 1 aliphatic heterocycles. The lowest BCUT2D eigenvalue weighted by molar-refractivity contribution is 0.197. The number of likely N-dealkylation sites (tertiary alicyclic amines) is 1. The zero-order valence-electron chi connectivity index (χ0n) is 11.0. The standard InChI is InChI=1S/C14H17N3O2/c1-11-8-12(16-19-11)9-17-7-4-14(10-17)18-13-2-5-15-6-3-13/h2-3,5-6,8,14H,4,7,9-10H2,1H3. The molecular weight excluding hydrogens is 242 g/mol. The maximum Gasteiger partial charge on any atom is 0.133 e. The Balaban J connectivity index is 1.53. The summed E-state index contributed by atoms with van der Waals surface area (Å²) in [5.74, 6) is 1.75. The molecule has 2 aromatic heterocycles. The van der Waals surface area contributed by atoms with Crippen molar-refractivity contribution < 1.29 is 9.26 Å². The lowest BCUT2D eigenvalue weighted by Gasteiger charge is -2.15. The summed E-state index contributed by atoms with van der Waals surface area (Å²) in [6.45, 7) is 4.69. The van der Waals surface area contributed by atoms with E-state index in [1.54, 1.807) is 12.4 Å². The monoisotopic (exact) mass is 259 g/mol. The van der Waals surface area contributed by atoms with Crippen LogP contribution in [0.2, 0.25) is 0 Å². The fourth-order valence-corrected chi connectivity index (χ4v) is 2.37. The maximum absolute atomic E-state index is 5.92. The van der Waals surface area contributed by atoms with Gasteiger partial charge < -0.3 is 9.26 Å². The van der Waals surface area contributed by atoms with E-state index in [1.165, 1.54) is 0 Å². The molecule has 0 N–H and O–H groups in total. The third-order valence-corrected chi connectivity index (χ3v) is 3.24. The molecule has 2 aromatic rings. The van der Waals surface area contributed by atoms with Gasteiger partial charge in [0.15, 0.2) is 0 Å². The van der Waals surface area contributed by atoms with Crippen LogP contribution < -0.4 is 4.74 Å². The lowest BCUT2D eigenvalue weighted by atomic mass is 10.3. The highest BCUT2D eigenvalue weighted by atomic mass is 16.5. The molecule has 0 radical (unpaired) electrons. The second-order valence-electron chi connectivity index (χ2n) is 4.88. The summed E-state index contributed by atoms with van der Waals surface area (Å²) in [5.41, 5.74) is 0.988. The number of ether oxygens (including phenoxy) is 1. The van der Waals surface area contributed by atoms with E-state index in [4.69, 9.17) is 9.26 Å². The molecule has 1 unspecified atom stereocenters. The molecule has 0 bridgehead atoms. The molecule has 1 saturated heterocycles. The minimum absolute atomic E-state index is 0.246. The van der Waals surface area contributed by atoms with E-state index in [0.29, 0.717) is 0 Å². The average molecular weight is 259 g/mol. The molecule has 1 atom stereocenters. The lowest BCUT2D eigenvalue weighted by Crippen LogP contribution is -2.24. The Kier molecular flexibility index (Phi) is 3.46. The zero-order valence-corrected chi connectivity index (χ0v) is 11.0. The van der Waals surface area contributed by atoms with E-state index >= 15 is 0 Å². The molecule has 0 spiro atoms. The van der Waals surface area contributed by atoms with Gasteiger partial charge in [0.1, 0.15) is 17.6 Å². The van der Waals surface area contributed by atoms with Crippen LogP contribution in [0, 0.1) is 6.92 Å². The van der Waals surface area contributed by atoms with Gasteiger partial charge in [-0.25, -0.2) is 0 Å². The second kappa shape index (κ2) is 5.40. The van der Waals surface area contributed by atoms with Crippen molar-refractivity contribution in [2.45, 2.75) is 26.0 Å². The molecule has 0 saturated carbocycles. The summed E-state index contributed by atoms with van der Waals surface area (Å²) in [6, 6.07) is 5.77. The summed E-state index contributed by atoms with van der Waals surface area (Å²) in [6.07, 6.45) is 4.79. The summed E-state index contributed by atoms with van der Waals surface area (Å²) in [5, 5.41) is 4.02. The Morgan fingerprint density at radius 2 is 2.26 bits per heavy atom. The summed E-state index contributed by atoms with van der Waals surface area (Å²) in [4.78, 5) is 6.32. The number of hydrogen-bond acceptors (Lipinski definition) is 5. The Hall–Kier alpha value is -1.88. The van der Waals surface area contributed by atoms with Crippen molar-refractivity contribution in [2.24, 2.45) is 0 Å². The van der Waals surface area contributed by atoms with Crippen molar-refractivity contribution in [3.05, 3.63) is 42.0 Å². The van der Waals surface area contributed by atoms with Crippen LogP contribution in [0.4, 0.5) is 0 Å². The van der Waals surface area contributed by atoms with Crippen molar-refractivity contribution in [3.8, 4) is 5.75 Å². The molecule has 0 aromatic carbocycles. The van der Waals surface area contributed by atoms with E-state index in [2.05, 4.69) is 15.0 Å². The molecule has 5 heteroatoms. The molecule has 5 nitrogen and oxygen atoms in total. The fraction of sp³-hybridized carbons (Fsp3) is 0.429. The Morgan fingerprint density at radius 1 is 1.42 bits per heavy atom. The molecule has 100 valence electrons. The third-order valence-electron chi connectivity index (χ3n) is 3.24. The molecule has 1 aliphatic rings. The minimum Gasteiger partial charge on any atom is -0.489 e. The van der Waals surface area contributed by atoms with Crippen molar-refractivity contribution in [2.75, 3.05) is 13.1 Å². The van der Waals surface area contributed by atoms with Crippen LogP contribution in [0.3, 0.4) is 0 Å². The number of hydrogen-bond donors (Lipinski definition) is 0. The molecule has 3 heterocycles. The van der Waals surface area contributed by atoms with Gasteiger partial charge in [-0.1, -0.05) is 5.16 Å². The summed E-state index contributed by atoms with van der Waals surface area (Å²) >= 11 is 0. The van der Waals surface area contributed by atoms with Crippen LogP contribution in [0.15, 0.2) is 35.1 Å². The number of aryl methyl sites for hydroxylation is 1. The predicted octanol–water partition coefficient (Wildman–Crippen LogP) is 2.03.